The molecule has 2 rings (SSSR count). The summed E-state index contributed by atoms with van der Waals surface area (Å²) in [5.41, 5.74) is 0. The van der Waals surface area contributed by atoms with Crippen molar-refractivity contribution in [3.63, 3.8) is 0 Å². The van der Waals surface area contributed by atoms with Gasteiger partial charge in [-0.05, 0) is 51.0 Å². The predicted octanol–water partition coefficient (Wildman–Crippen LogP) is 1.32. The summed E-state index contributed by atoms with van der Waals surface area (Å²) >= 11 is 0. The van der Waals surface area contributed by atoms with E-state index in [4.69, 9.17) is 9.47 Å². The second-order valence-electron chi connectivity index (χ2n) is 5.62. The average molecular weight is 328 g/mol. The Bertz CT molecular complexity index is 596. The van der Waals surface area contributed by atoms with Gasteiger partial charge in [-0.1, -0.05) is 0 Å². The molecule has 7 heteroatoms. The van der Waals surface area contributed by atoms with Crippen molar-refractivity contribution in [2.45, 2.75) is 17.7 Å². The standard InChI is InChI=1S/C15H24N2O4S/c1-17-8-6-12(7-9-17)11-16-22(18,19)15-10-13(20-2)4-5-14(15)21-3/h4-5,10,12,16H,6-9,11H2,1-3H3. The highest BCUT2D eigenvalue weighted by atomic mass is 32.2. The third kappa shape index (κ3) is 4.12. The Morgan fingerprint density at radius 2 is 1.91 bits per heavy atom. The van der Waals surface area contributed by atoms with Crippen molar-refractivity contribution >= 4 is 10.0 Å². The number of hydrogen-bond donors (Lipinski definition) is 1. The van der Waals surface area contributed by atoms with Gasteiger partial charge in [0.05, 0.1) is 14.2 Å². The molecule has 0 aromatic heterocycles. The zero-order valence-corrected chi connectivity index (χ0v) is 14.1. The second-order valence-corrected chi connectivity index (χ2v) is 7.35. The number of methoxy groups -OCH3 is 2. The fourth-order valence-corrected chi connectivity index (χ4v) is 3.86. The molecule has 0 unspecified atom stereocenters. The minimum Gasteiger partial charge on any atom is -0.497 e. The lowest BCUT2D eigenvalue weighted by Gasteiger charge is -2.28. The van der Waals surface area contributed by atoms with Crippen molar-refractivity contribution in [3.8, 4) is 11.5 Å². The molecule has 1 saturated heterocycles. The van der Waals surface area contributed by atoms with E-state index >= 15 is 0 Å². The summed E-state index contributed by atoms with van der Waals surface area (Å²) in [7, 11) is 1.43. The molecule has 0 bridgehead atoms. The number of benzene rings is 1. The first kappa shape index (κ1) is 17.1. The van der Waals surface area contributed by atoms with Gasteiger partial charge < -0.3 is 14.4 Å². The average Bonchev–Trinajstić information content (AvgIpc) is 2.53. The first-order chi connectivity index (χ1) is 10.5. The molecular weight excluding hydrogens is 304 g/mol. The van der Waals surface area contributed by atoms with Crippen LogP contribution < -0.4 is 14.2 Å². The lowest BCUT2D eigenvalue weighted by Crippen LogP contribution is -2.36. The van der Waals surface area contributed by atoms with Crippen molar-refractivity contribution in [2.75, 3.05) is 40.9 Å². The second kappa shape index (κ2) is 7.30. The summed E-state index contributed by atoms with van der Waals surface area (Å²) in [6, 6.07) is 4.76. The van der Waals surface area contributed by atoms with Crippen LogP contribution in [0.4, 0.5) is 0 Å². The van der Waals surface area contributed by atoms with Crippen molar-refractivity contribution < 1.29 is 17.9 Å². The third-order valence-corrected chi connectivity index (χ3v) is 5.51. The largest absolute Gasteiger partial charge is 0.497 e. The number of nitrogens with zero attached hydrogens (tertiary/aromatic N) is 1. The van der Waals surface area contributed by atoms with Crippen LogP contribution in [0.25, 0.3) is 0 Å². The van der Waals surface area contributed by atoms with Gasteiger partial charge in [-0.25, -0.2) is 13.1 Å². The van der Waals surface area contributed by atoms with Gasteiger partial charge in [-0.15, -0.1) is 0 Å². The molecule has 6 nitrogen and oxygen atoms in total. The number of likely N-dealkylation sites (tertiary alicyclic amines) is 1. The van der Waals surface area contributed by atoms with Gasteiger partial charge >= 0.3 is 0 Å². The van der Waals surface area contributed by atoms with E-state index in [-0.39, 0.29) is 4.90 Å². The van der Waals surface area contributed by atoms with E-state index in [1.807, 2.05) is 0 Å². The molecule has 0 atom stereocenters. The van der Waals surface area contributed by atoms with Crippen LogP contribution in [0.2, 0.25) is 0 Å². The molecule has 1 fully saturated rings. The molecule has 1 aromatic rings. The normalized spacial score (nSPS) is 17.4. The zero-order chi connectivity index (χ0) is 16.2. The molecule has 0 spiro atoms. The van der Waals surface area contributed by atoms with Crippen LogP contribution in [0.15, 0.2) is 23.1 Å². The third-order valence-electron chi connectivity index (χ3n) is 4.06. The number of piperidine rings is 1. The Labute approximate surface area is 132 Å². The van der Waals surface area contributed by atoms with E-state index in [2.05, 4.69) is 16.7 Å². The minimum absolute atomic E-state index is 0.113. The number of nitrogens with one attached hydrogen (secondary N) is 1. The van der Waals surface area contributed by atoms with Crippen LogP contribution >= 0.6 is 0 Å². The maximum absolute atomic E-state index is 12.5. The maximum atomic E-state index is 12.5. The van der Waals surface area contributed by atoms with Gasteiger partial charge in [0, 0.05) is 12.6 Å². The van der Waals surface area contributed by atoms with Crippen LogP contribution in [0.5, 0.6) is 11.5 Å². The summed E-state index contributed by atoms with van der Waals surface area (Å²) in [4.78, 5) is 2.37. The number of sulfonamides is 1. The van der Waals surface area contributed by atoms with E-state index in [1.54, 1.807) is 12.1 Å². The van der Waals surface area contributed by atoms with Crippen LogP contribution in [0.3, 0.4) is 0 Å². The Kier molecular flexibility index (Phi) is 5.66. The summed E-state index contributed by atoms with van der Waals surface area (Å²) < 4.78 is 38.0. The van der Waals surface area contributed by atoms with Gasteiger partial charge in [-0.3, -0.25) is 0 Å². The van der Waals surface area contributed by atoms with Crippen molar-refractivity contribution in [1.82, 2.24) is 9.62 Å². The summed E-state index contributed by atoms with van der Waals surface area (Å²) in [5.74, 6) is 1.18. The van der Waals surface area contributed by atoms with Gasteiger partial charge in [0.2, 0.25) is 10.0 Å². The summed E-state index contributed by atoms with van der Waals surface area (Å²) in [6.45, 7) is 2.47. The van der Waals surface area contributed by atoms with Gasteiger partial charge in [0.1, 0.15) is 16.4 Å². The van der Waals surface area contributed by atoms with Crippen LogP contribution in [0.1, 0.15) is 12.8 Å². The summed E-state index contributed by atoms with van der Waals surface area (Å²) in [6.07, 6.45) is 2.02. The maximum Gasteiger partial charge on any atom is 0.244 e. The lowest BCUT2D eigenvalue weighted by molar-refractivity contribution is 0.220. The van der Waals surface area contributed by atoms with Gasteiger partial charge in [0.25, 0.3) is 0 Å². The highest BCUT2D eigenvalue weighted by Crippen LogP contribution is 2.28. The fourth-order valence-electron chi connectivity index (χ4n) is 2.57. The summed E-state index contributed by atoms with van der Waals surface area (Å²) in [5, 5.41) is 0. The van der Waals surface area contributed by atoms with Crippen molar-refractivity contribution in [3.05, 3.63) is 18.2 Å². The molecule has 1 N–H and O–H groups in total. The molecule has 0 saturated carbocycles. The lowest BCUT2D eigenvalue weighted by atomic mass is 9.98. The molecule has 0 radical (unpaired) electrons. The van der Waals surface area contributed by atoms with Gasteiger partial charge in [0.15, 0.2) is 0 Å². The molecule has 1 aliphatic heterocycles. The SMILES string of the molecule is COc1ccc(OC)c(S(=O)(=O)NCC2CCN(C)CC2)c1. The van der Waals surface area contributed by atoms with E-state index in [0.29, 0.717) is 24.0 Å². The Morgan fingerprint density at radius 3 is 2.50 bits per heavy atom. The van der Waals surface area contributed by atoms with Gasteiger partial charge in [-0.2, -0.15) is 0 Å². The molecule has 0 amide bonds. The molecule has 0 aliphatic carbocycles. The number of hydrogen-bond acceptors (Lipinski definition) is 5. The fraction of sp³-hybridized carbons (Fsp3) is 0.600. The molecule has 1 aliphatic rings. The van der Waals surface area contributed by atoms with E-state index in [0.717, 1.165) is 25.9 Å². The minimum atomic E-state index is -3.62. The Balaban J connectivity index is 2.09. The first-order valence-electron chi connectivity index (χ1n) is 7.36. The van der Waals surface area contributed by atoms with Crippen LogP contribution in [0, 0.1) is 5.92 Å². The number of rotatable bonds is 6. The molecular formula is C15H24N2O4S. The molecule has 124 valence electrons. The van der Waals surface area contributed by atoms with E-state index in [9.17, 15) is 8.42 Å². The quantitative estimate of drug-likeness (QED) is 0.853. The highest BCUT2D eigenvalue weighted by Gasteiger charge is 2.23. The predicted molar refractivity (Wildman–Crippen MR) is 85.0 cm³/mol. The van der Waals surface area contributed by atoms with E-state index in [1.165, 1.54) is 20.3 Å². The van der Waals surface area contributed by atoms with Crippen molar-refractivity contribution in [1.29, 1.82) is 0 Å². The number of ether oxygens (including phenoxy) is 2. The Morgan fingerprint density at radius 1 is 1.23 bits per heavy atom. The van der Waals surface area contributed by atoms with Crippen molar-refractivity contribution in [2.24, 2.45) is 5.92 Å². The zero-order valence-electron chi connectivity index (χ0n) is 13.3. The Hall–Kier alpha value is -1.31. The molecule has 22 heavy (non-hydrogen) atoms. The smallest absolute Gasteiger partial charge is 0.244 e. The molecule has 1 heterocycles. The highest BCUT2D eigenvalue weighted by molar-refractivity contribution is 7.89. The van der Waals surface area contributed by atoms with E-state index < -0.39 is 10.0 Å². The first-order valence-corrected chi connectivity index (χ1v) is 8.85. The van der Waals surface area contributed by atoms with Crippen LogP contribution in [-0.4, -0.2) is 54.2 Å². The topological polar surface area (TPSA) is 67.9 Å². The monoisotopic (exact) mass is 328 g/mol. The van der Waals surface area contributed by atoms with Crippen LogP contribution in [-0.2, 0) is 10.0 Å². The molecule has 1 aromatic carbocycles.